The zero-order valence-electron chi connectivity index (χ0n) is 15.3. The maximum atomic E-state index is 13.2. The zero-order chi connectivity index (χ0) is 20.9. The minimum Gasteiger partial charge on any atom is -0.398 e. The highest BCUT2D eigenvalue weighted by atomic mass is 79.9. The summed E-state index contributed by atoms with van der Waals surface area (Å²) in [5, 5.41) is 3.43. The number of fused-ring (bicyclic) bond motifs is 2. The summed E-state index contributed by atoms with van der Waals surface area (Å²) < 4.78 is 41.5. The Morgan fingerprint density at radius 2 is 2.10 bits per heavy atom. The molecule has 0 amide bonds. The van der Waals surface area contributed by atoms with Crippen LogP contribution in [0.1, 0.15) is 25.5 Å². The van der Waals surface area contributed by atoms with Crippen LogP contribution in [0.5, 0.6) is 5.88 Å². The van der Waals surface area contributed by atoms with Gasteiger partial charge in [-0.25, -0.2) is 9.78 Å². The Labute approximate surface area is 171 Å². The van der Waals surface area contributed by atoms with Crippen LogP contribution in [0.15, 0.2) is 9.40 Å². The van der Waals surface area contributed by atoms with Crippen LogP contribution in [-0.4, -0.2) is 52.3 Å². The second-order valence-electron chi connectivity index (χ2n) is 6.94. The molecule has 2 aromatic heterocycles. The van der Waals surface area contributed by atoms with E-state index in [-0.39, 0.29) is 27.2 Å². The number of rotatable bonds is 3. The van der Waals surface area contributed by atoms with Gasteiger partial charge >= 0.3 is 12.1 Å². The molecule has 12 heteroatoms. The van der Waals surface area contributed by atoms with E-state index in [1.807, 2.05) is 6.92 Å². The fraction of sp³-hybridized carbons (Fsp3) is 0.529. The fourth-order valence-electron chi connectivity index (χ4n) is 3.77. The molecule has 156 valence electrons. The first-order valence-electron chi connectivity index (χ1n) is 9.12. The molecule has 1 aliphatic carbocycles. The Kier molecular flexibility index (Phi) is 5.01. The molecule has 1 aliphatic heterocycles. The van der Waals surface area contributed by atoms with Crippen LogP contribution in [0.25, 0.3) is 11.2 Å². The van der Waals surface area contributed by atoms with Crippen LogP contribution in [0.2, 0.25) is 0 Å². The van der Waals surface area contributed by atoms with E-state index >= 15 is 0 Å². The number of hydrogen-bond acceptors (Lipinski definition) is 7. The van der Waals surface area contributed by atoms with Crippen molar-refractivity contribution >= 4 is 38.8 Å². The van der Waals surface area contributed by atoms with Crippen LogP contribution in [-0.2, 0) is 11.2 Å². The summed E-state index contributed by atoms with van der Waals surface area (Å²) in [4.78, 5) is 37.4. The number of hydrogen-bond donors (Lipinski definition) is 2. The molecule has 2 fully saturated rings. The molecule has 29 heavy (non-hydrogen) atoms. The first-order chi connectivity index (χ1) is 13.7. The number of anilines is 1. The van der Waals surface area contributed by atoms with E-state index in [1.54, 1.807) is 0 Å². The van der Waals surface area contributed by atoms with Gasteiger partial charge in [-0.05, 0) is 35.2 Å². The van der Waals surface area contributed by atoms with Crippen molar-refractivity contribution in [3.8, 4) is 5.88 Å². The Hall–Kier alpha value is -2.21. The lowest BCUT2D eigenvalue weighted by Gasteiger charge is -2.50. The van der Waals surface area contributed by atoms with Crippen molar-refractivity contribution in [1.29, 1.82) is 0 Å². The molecule has 8 nitrogen and oxygen atoms in total. The number of nitrogens with one attached hydrogen (secondary N) is 2. The van der Waals surface area contributed by atoms with Crippen LogP contribution in [0, 0.1) is 0 Å². The van der Waals surface area contributed by atoms with E-state index in [0.717, 1.165) is 19.4 Å². The minimum absolute atomic E-state index is 0.0368. The molecule has 2 aromatic rings. The van der Waals surface area contributed by atoms with Gasteiger partial charge in [0.1, 0.15) is 5.69 Å². The molecular weight excluding hydrogens is 459 g/mol. The van der Waals surface area contributed by atoms with Crippen LogP contribution in [0.4, 0.5) is 18.9 Å². The van der Waals surface area contributed by atoms with Crippen molar-refractivity contribution in [1.82, 2.24) is 20.3 Å². The molecule has 0 aromatic carbocycles. The topological polar surface area (TPSA) is 100 Å². The second-order valence-corrected chi connectivity index (χ2v) is 7.69. The van der Waals surface area contributed by atoms with E-state index in [2.05, 4.69) is 45.8 Å². The van der Waals surface area contributed by atoms with Gasteiger partial charge in [-0.3, -0.25) is 4.79 Å². The third kappa shape index (κ3) is 3.48. The Bertz CT molecular complexity index is 1040. The molecule has 3 heterocycles. The van der Waals surface area contributed by atoms with Gasteiger partial charge in [-0.1, -0.05) is 6.92 Å². The molecule has 2 N–H and O–H groups in total. The van der Waals surface area contributed by atoms with Crippen molar-refractivity contribution < 1.29 is 22.7 Å². The van der Waals surface area contributed by atoms with Crippen molar-refractivity contribution in [3.63, 3.8) is 0 Å². The second kappa shape index (κ2) is 7.24. The summed E-state index contributed by atoms with van der Waals surface area (Å²) in [5.74, 6) is -3.08. The molecule has 1 saturated heterocycles. The normalized spacial score (nSPS) is 21.6. The van der Waals surface area contributed by atoms with Gasteiger partial charge < -0.3 is 19.9 Å². The van der Waals surface area contributed by atoms with Gasteiger partial charge in [0.15, 0.2) is 15.8 Å². The first kappa shape index (κ1) is 20.1. The van der Waals surface area contributed by atoms with Gasteiger partial charge in [0.05, 0.1) is 0 Å². The number of esters is 1. The standard InChI is InChI=1S/C17H17BrF3N5O3/c1-2-7-11(26-6-5-22-8-3-4-9(8)26)12(27)10-14(23-7)25-15(13(18)24-10)29-16(28)17(19,20)21/h8-9,22H,2-6H2,1H3,(H,23,25,27). The van der Waals surface area contributed by atoms with E-state index in [9.17, 15) is 22.8 Å². The van der Waals surface area contributed by atoms with Crippen LogP contribution < -0.4 is 20.4 Å². The van der Waals surface area contributed by atoms with Gasteiger partial charge in [-0.2, -0.15) is 18.2 Å². The third-order valence-corrected chi connectivity index (χ3v) is 5.78. The summed E-state index contributed by atoms with van der Waals surface area (Å²) in [6.07, 6.45) is -2.67. The number of carbonyl (C=O) groups is 1. The SMILES string of the molecule is CCc1[nH]c2nc(OC(=O)C(F)(F)F)c(Br)nc2c(=O)c1N1CCNC2CCC21. The van der Waals surface area contributed by atoms with E-state index < -0.39 is 18.0 Å². The molecule has 0 bridgehead atoms. The van der Waals surface area contributed by atoms with Gasteiger partial charge in [0.25, 0.3) is 5.88 Å². The Morgan fingerprint density at radius 3 is 2.72 bits per heavy atom. The number of halogens is 4. The number of ether oxygens (including phenoxy) is 1. The first-order valence-corrected chi connectivity index (χ1v) is 9.91. The summed E-state index contributed by atoms with van der Waals surface area (Å²) in [7, 11) is 0. The lowest BCUT2D eigenvalue weighted by Crippen LogP contribution is -2.64. The molecule has 0 spiro atoms. The lowest BCUT2D eigenvalue weighted by atomic mass is 9.83. The predicted molar refractivity (Wildman–Crippen MR) is 101 cm³/mol. The van der Waals surface area contributed by atoms with Crippen molar-refractivity contribution in [2.75, 3.05) is 18.0 Å². The number of aromatic amines is 1. The summed E-state index contributed by atoms with van der Waals surface area (Å²) >= 11 is 2.94. The minimum atomic E-state index is -5.18. The smallest absolute Gasteiger partial charge is 0.398 e. The molecule has 2 aliphatic rings. The largest absolute Gasteiger partial charge is 0.491 e. The molecule has 4 rings (SSSR count). The number of pyridine rings is 1. The predicted octanol–water partition coefficient (Wildman–Crippen LogP) is 2.05. The lowest BCUT2D eigenvalue weighted by molar-refractivity contribution is -0.190. The highest BCUT2D eigenvalue weighted by Gasteiger charge is 2.42. The number of aryl methyl sites for hydroxylation is 1. The van der Waals surface area contributed by atoms with Gasteiger partial charge in [-0.15, -0.1) is 0 Å². The van der Waals surface area contributed by atoms with E-state index in [1.165, 1.54) is 0 Å². The summed E-state index contributed by atoms with van der Waals surface area (Å²) in [5.41, 5.74) is 0.691. The quantitative estimate of drug-likeness (QED) is 0.655. The average Bonchev–Trinajstić information content (AvgIpc) is 2.63. The van der Waals surface area contributed by atoms with Gasteiger partial charge in [0.2, 0.25) is 5.43 Å². The zero-order valence-corrected chi connectivity index (χ0v) is 16.9. The molecule has 0 radical (unpaired) electrons. The number of piperazine rings is 1. The van der Waals surface area contributed by atoms with Crippen LogP contribution in [0.3, 0.4) is 0 Å². The average molecular weight is 476 g/mol. The van der Waals surface area contributed by atoms with E-state index in [0.29, 0.717) is 30.4 Å². The summed E-state index contributed by atoms with van der Waals surface area (Å²) in [6.45, 7) is 3.28. The Morgan fingerprint density at radius 1 is 1.34 bits per heavy atom. The van der Waals surface area contributed by atoms with Crippen molar-refractivity contribution in [2.24, 2.45) is 0 Å². The molecule has 2 atom stereocenters. The molecule has 2 unspecified atom stereocenters. The number of H-pyrrole nitrogens is 1. The van der Waals surface area contributed by atoms with Crippen LogP contribution >= 0.6 is 15.9 Å². The third-order valence-electron chi connectivity index (χ3n) is 5.27. The summed E-state index contributed by atoms with van der Waals surface area (Å²) in [6, 6.07) is 0.557. The maximum Gasteiger partial charge on any atom is 0.491 e. The fourth-order valence-corrected chi connectivity index (χ4v) is 4.12. The highest BCUT2D eigenvalue weighted by Crippen LogP contribution is 2.33. The Balaban J connectivity index is 1.80. The van der Waals surface area contributed by atoms with Crippen molar-refractivity contribution in [2.45, 2.75) is 44.4 Å². The number of nitrogens with zero attached hydrogens (tertiary/aromatic N) is 3. The number of alkyl halides is 3. The number of carbonyl (C=O) groups excluding carboxylic acids is 1. The van der Waals surface area contributed by atoms with Gasteiger partial charge in [0, 0.05) is 30.9 Å². The number of aromatic nitrogens is 3. The highest BCUT2D eigenvalue weighted by molar-refractivity contribution is 9.10. The monoisotopic (exact) mass is 475 g/mol. The van der Waals surface area contributed by atoms with Crippen molar-refractivity contribution in [3.05, 3.63) is 20.5 Å². The molecular formula is C17H17BrF3N5O3. The maximum absolute atomic E-state index is 13.2. The van der Waals surface area contributed by atoms with E-state index in [4.69, 9.17) is 0 Å². The molecule has 1 saturated carbocycles.